The van der Waals surface area contributed by atoms with E-state index in [2.05, 4.69) is 10.4 Å². The van der Waals surface area contributed by atoms with Gasteiger partial charge in [0.15, 0.2) is 5.82 Å². The molecule has 2 rings (SSSR count). The van der Waals surface area contributed by atoms with Gasteiger partial charge >= 0.3 is 0 Å². The predicted octanol–water partition coefficient (Wildman–Crippen LogP) is 3.66. The van der Waals surface area contributed by atoms with Gasteiger partial charge < -0.3 is 5.32 Å². The maximum absolute atomic E-state index is 13.9. The smallest absolute Gasteiger partial charge is 0.152 e. The first-order valence-electron chi connectivity index (χ1n) is 6.26. The van der Waals surface area contributed by atoms with Gasteiger partial charge in [0.2, 0.25) is 0 Å². The highest BCUT2D eigenvalue weighted by Crippen LogP contribution is 2.26. The van der Waals surface area contributed by atoms with Gasteiger partial charge in [0.05, 0.1) is 12.2 Å². The molecule has 2 aromatic rings. The van der Waals surface area contributed by atoms with Gasteiger partial charge in [-0.2, -0.15) is 5.10 Å². The molecule has 0 bridgehead atoms. The highest BCUT2D eigenvalue weighted by molar-refractivity contribution is 5.50. The van der Waals surface area contributed by atoms with Crippen molar-refractivity contribution in [1.29, 1.82) is 0 Å². The number of nitrogens with one attached hydrogen (secondary N) is 1. The quantitative estimate of drug-likeness (QED) is 0.914. The van der Waals surface area contributed by atoms with Crippen molar-refractivity contribution in [2.75, 3.05) is 5.32 Å². The van der Waals surface area contributed by atoms with Crippen LogP contribution in [0.4, 0.5) is 14.5 Å². The lowest BCUT2D eigenvalue weighted by molar-refractivity contribution is 0.579. The molecular formula is C14H17F2N3. The van der Waals surface area contributed by atoms with Crippen molar-refractivity contribution in [3.8, 4) is 0 Å². The molecule has 19 heavy (non-hydrogen) atoms. The monoisotopic (exact) mass is 265 g/mol. The highest BCUT2D eigenvalue weighted by atomic mass is 19.1. The second-order valence-electron chi connectivity index (χ2n) is 4.55. The van der Waals surface area contributed by atoms with Gasteiger partial charge in [-0.25, -0.2) is 8.78 Å². The molecule has 0 radical (unpaired) electrons. The van der Waals surface area contributed by atoms with Crippen LogP contribution < -0.4 is 5.32 Å². The van der Waals surface area contributed by atoms with E-state index < -0.39 is 11.6 Å². The Morgan fingerprint density at radius 2 is 2.11 bits per heavy atom. The molecule has 1 aromatic heterocycles. The molecule has 1 N–H and O–H groups in total. The van der Waals surface area contributed by atoms with E-state index in [9.17, 15) is 8.78 Å². The number of benzene rings is 1. The third kappa shape index (κ3) is 2.75. The molecular weight excluding hydrogens is 248 g/mol. The molecule has 0 aliphatic heterocycles. The minimum atomic E-state index is -0.585. The summed E-state index contributed by atoms with van der Waals surface area (Å²) < 4.78 is 29.3. The van der Waals surface area contributed by atoms with Crippen LogP contribution in [-0.4, -0.2) is 9.78 Å². The number of halogens is 2. The van der Waals surface area contributed by atoms with Crippen LogP contribution in [0.25, 0.3) is 0 Å². The van der Waals surface area contributed by atoms with Crippen LogP contribution in [0.2, 0.25) is 0 Å². The van der Waals surface area contributed by atoms with Crippen LogP contribution in [0.15, 0.2) is 24.5 Å². The zero-order valence-corrected chi connectivity index (χ0v) is 11.2. The summed E-state index contributed by atoms with van der Waals surface area (Å²) >= 11 is 0. The SMILES string of the molecule is CCn1cc(C(C)Nc2c(F)ccc(C)c2F)cn1. The van der Waals surface area contributed by atoms with E-state index >= 15 is 0 Å². The Kier molecular flexibility index (Phi) is 3.83. The summed E-state index contributed by atoms with van der Waals surface area (Å²) in [6, 6.07) is 2.48. The molecule has 102 valence electrons. The van der Waals surface area contributed by atoms with Crippen molar-refractivity contribution >= 4 is 5.69 Å². The van der Waals surface area contributed by atoms with Crippen LogP contribution in [0.3, 0.4) is 0 Å². The highest BCUT2D eigenvalue weighted by Gasteiger charge is 2.15. The summed E-state index contributed by atoms with van der Waals surface area (Å²) in [5.74, 6) is -1.13. The van der Waals surface area contributed by atoms with E-state index in [0.29, 0.717) is 5.56 Å². The van der Waals surface area contributed by atoms with Crippen molar-refractivity contribution < 1.29 is 8.78 Å². The van der Waals surface area contributed by atoms with Gasteiger partial charge in [0.25, 0.3) is 0 Å². The van der Waals surface area contributed by atoms with E-state index in [4.69, 9.17) is 0 Å². The molecule has 3 nitrogen and oxygen atoms in total. The minimum absolute atomic E-state index is 0.0863. The maximum Gasteiger partial charge on any atom is 0.152 e. The first kappa shape index (κ1) is 13.5. The first-order chi connectivity index (χ1) is 9.02. The molecule has 0 amide bonds. The van der Waals surface area contributed by atoms with Crippen LogP contribution in [0, 0.1) is 18.6 Å². The Morgan fingerprint density at radius 3 is 2.74 bits per heavy atom. The van der Waals surface area contributed by atoms with Crippen molar-refractivity contribution in [3.05, 3.63) is 47.3 Å². The summed E-state index contributed by atoms with van der Waals surface area (Å²) in [6.07, 6.45) is 3.57. The standard InChI is InChI=1S/C14H17F2N3/c1-4-19-8-11(7-17-19)10(3)18-14-12(15)6-5-9(2)13(14)16/h5-8,10,18H,4H2,1-3H3. The number of hydrogen-bond donors (Lipinski definition) is 1. The first-order valence-corrected chi connectivity index (χ1v) is 6.26. The fourth-order valence-corrected chi connectivity index (χ4v) is 1.86. The van der Waals surface area contributed by atoms with E-state index in [1.807, 2.05) is 20.0 Å². The van der Waals surface area contributed by atoms with Crippen LogP contribution >= 0.6 is 0 Å². The average molecular weight is 265 g/mol. The molecule has 0 spiro atoms. The van der Waals surface area contributed by atoms with Crippen molar-refractivity contribution in [1.82, 2.24) is 9.78 Å². The second kappa shape index (κ2) is 5.38. The number of aryl methyl sites for hydroxylation is 2. The summed E-state index contributed by atoms with van der Waals surface area (Å²) in [4.78, 5) is 0. The molecule has 0 aliphatic carbocycles. The number of aromatic nitrogens is 2. The Morgan fingerprint density at radius 1 is 1.37 bits per heavy atom. The van der Waals surface area contributed by atoms with Crippen molar-refractivity contribution in [3.63, 3.8) is 0 Å². The van der Waals surface area contributed by atoms with Gasteiger partial charge in [-0.3, -0.25) is 4.68 Å². The van der Waals surface area contributed by atoms with Gasteiger partial charge in [0.1, 0.15) is 11.5 Å². The zero-order valence-electron chi connectivity index (χ0n) is 11.2. The van der Waals surface area contributed by atoms with Gasteiger partial charge in [-0.15, -0.1) is 0 Å². The van der Waals surface area contributed by atoms with Gasteiger partial charge in [0, 0.05) is 18.3 Å². The molecule has 0 fully saturated rings. The van der Waals surface area contributed by atoms with Crippen LogP contribution in [-0.2, 0) is 6.54 Å². The maximum atomic E-state index is 13.9. The third-order valence-corrected chi connectivity index (χ3v) is 3.12. The normalized spacial score (nSPS) is 12.5. The van der Waals surface area contributed by atoms with Gasteiger partial charge in [-0.05, 0) is 32.4 Å². The van der Waals surface area contributed by atoms with E-state index in [-0.39, 0.29) is 11.7 Å². The van der Waals surface area contributed by atoms with E-state index in [1.165, 1.54) is 12.1 Å². The molecule has 0 saturated carbocycles. The fourth-order valence-electron chi connectivity index (χ4n) is 1.86. The fraction of sp³-hybridized carbons (Fsp3) is 0.357. The predicted molar refractivity (Wildman–Crippen MR) is 71.0 cm³/mol. The second-order valence-corrected chi connectivity index (χ2v) is 4.55. The molecule has 1 unspecified atom stereocenters. The van der Waals surface area contributed by atoms with Crippen LogP contribution in [0.1, 0.15) is 31.0 Å². The number of rotatable bonds is 4. The Labute approximate surface area is 111 Å². The molecule has 1 atom stereocenters. The lowest BCUT2D eigenvalue weighted by Gasteiger charge is -2.16. The van der Waals surface area contributed by atoms with Crippen LogP contribution in [0.5, 0.6) is 0 Å². The van der Waals surface area contributed by atoms with E-state index in [0.717, 1.165) is 12.1 Å². The largest absolute Gasteiger partial charge is 0.374 e. The summed E-state index contributed by atoms with van der Waals surface area (Å²) in [5, 5.41) is 7.02. The average Bonchev–Trinajstić information content (AvgIpc) is 2.88. The summed E-state index contributed by atoms with van der Waals surface area (Å²) in [6.45, 7) is 6.20. The van der Waals surface area contributed by atoms with Crippen molar-refractivity contribution in [2.24, 2.45) is 0 Å². The lowest BCUT2D eigenvalue weighted by Crippen LogP contribution is -2.09. The minimum Gasteiger partial charge on any atom is -0.374 e. The summed E-state index contributed by atoms with van der Waals surface area (Å²) in [7, 11) is 0. The molecule has 0 aliphatic rings. The molecule has 5 heteroatoms. The Balaban J connectivity index is 2.23. The lowest BCUT2D eigenvalue weighted by atomic mass is 10.1. The number of nitrogens with zero attached hydrogens (tertiary/aromatic N) is 2. The Bertz CT molecular complexity index is 578. The Hall–Kier alpha value is -1.91. The molecule has 1 heterocycles. The number of anilines is 1. The van der Waals surface area contributed by atoms with Crippen molar-refractivity contribution in [2.45, 2.75) is 33.4 Å². The molecule has 1 aromatic carbocycles. The summed E-state index contributed by atoms with van der Waals surface area (Å²) in [5.41, 5.74) is 1.22. The molecule has 0 saturated heterocycles. The number of hydrogen-bond acceptors (Lipinski definition) is 2. The van der Waals surface area contributed by atoms with Gasteiger partial charge in [-0.1, -0.05) is 6.07 Å². The topological polar surface area (TPSA) is 29.9 Å². The zero-order chi connectivity index (χ0) is 14.0. The van der Waals surface area contributed by atoms with E-state index in [1.54, 1.807) is 17.8 Å². The third-order valence-electron chi connectivity index (χ3n) is 3.12.